The van der Waals surface area contributed by atoms with Crippen molar-refractivity contribution in [2.45, 2.75) is 19.9 Å². The summed E-state index contributed by atoms with van der Waals surface area (Å²) < 4.78 is 1.87. The molecule has 7 heteroatoms. The number of phenolic OH excluding ortho intramolecular Hbond substituents is 1. The van der Waals surface area contributed by atoms with Gasteiger partial charge in [0.1, 0.15) is 12.1 Å². The summed E-state index contributed by atoms with van der Waals surface area (Å²) in [7, 11) is 0. The summed E-state index contributed by atoms with van der Waals surface area (Å²) in [6, 6.07) is 9.60. The third kappa shape index (κ3) is 2.94. The Morgan fingerprint density at radius 2 is 2.04 bits per heavy atom. The Hall–Kier alpha value is -2.93. The van der Waals surface area contributed by atoms with Gasteiger partial charge in [-0.05, 0) is 26.0 Å². The minimum absolute atomic E-state index is 0.219. The molecular weight excluding hydrogens is 334 g/mol. The maximum absolute atomic E-state index is 10.2. The van der Waals surface area contributed by atoms with E-state index >= 15 is 0 Å². The quantitative estimate of drug-likeness (QED) is 0.580. The molecule has 0 saturated carbocycles. The average molecular weight is 351 g/mol. The zero-order chi connectivity index (χ0) is 17.4. The number of thiazole rings is 1. The van der Waals surface area contributed by atoms with Crippen LogP contribution < -0.4 is 5.32 Å². The Bertz CT molecular complexity index is 1040. The van der Waals surface area contributed by atoms with Crippen LogP contribution in [0.15, 0.2) is 49.1 Å². The molecule has 0 aliphatic rings. The molecule has 0 saturated heterocycles. The third-order valence-electron chi connectivity index (χ3n) is 3.79. The standard InChI is InChI=1S/C18H17N5OS/c1-11(2)21-18-19-8-16(25-18)12-7-14(13-5-3-4-6-15(13)24)17-22-20-10-23(17)9-12/h3-11,24H,1-2H3,(H,19,21). The first-order chi connectivity index (χ1) is 12.1. The Morgan fingerprint density at radius 1 is 1.20 bits per heavy atom. The second-order valence-electron chi connectivity index (χ2n) is 6.05. The van der Waals surface area contributed by atoms with Crippen LogP contribution in [0.5, 0.6) is 5.75 Å². The molecule has 0 fully saturated rings. The normalized spacial score (nSPS) is 11.3. The SMILES string of the molecule is CC(C)Nc1ncc(-c2cc(-c3ccccc3O)c3nncn3c2)s1. The molecule has 0 aliphatic carbocycles. The van der Waals surface area contributed by atoms with Gasteiger partial charge in [0.15, 0.2) is 10.8 Å². The smallest absolute Gasteiger partial charge is 0.183 e. The van der Waals surface area contributed by atoms with E-state index in [4.69, 9.17) is 0 Å². The molecule has 6 nitrogen and oxygen atoms in total. The van der Waals surface area contributed by atoms with Crippen molar-refractivity contribution in [1.82, 2.24) is 19.6 Å². The van der Waals surface area contributed by atoms with Crippen LogP contribution in [0.4, 0.5) is 5.13 Å². The van der Waals surface area contributed by atoms with Crippen molar-refractivity contribution < 1.29 is 5.11 Å². The number of hydrogen-bond acceptors (Lipinski definition) is 6. The number of pyridine rings is 1. The van der Waals surface area contributed by atoms with E-state index in [-0.39, 0.29) is 5.75 Å². The molecule has 0 spiro atoms. The van der Waals surface area contributed by atoms with Crippen molar-refractivity contribution in [1.29, 1.82) is 0 Å². The minimum atomic E-state index is 0.219. The Balaban J connectivity index is 1.86. The molecule has 4 aromatic rings. The maximum atomic E-state index is 10.2. The fourth-order valence-electron chi connectivity index (χ4n) is 2.69. The molecule has 2 N–H and O–H groups in total. The average Bonchev–Trinajstić information content (AvgIpc) is 3.23. The first-order valence-electron chi connectivity index (χ1n) is 7.96. The van der Waals surface area contributed by atoms with E-state index in [0.29, 0.717) is 11.7 Å². The number of para-hydroxylation sites is 1. The molecule has 0 radical (unpaired) electrons. The lowest BCUT2D eigenvalue weighted by molar-refractivity contribution is 0.477. The van der Waals surface area contributed by atoms with Crippen molar-refractivity contribution in [3.63, 3.8) is 0 Å². The molecule has 0 bridgehead atoms. The molecule has 0 unspecified atom stereocenters. The van der Waals surface area contributed by atoms with Crippen molar-refractivity contribution in [2.24, 2.45) is 0 Å². The zero-order valence-corrected chi connectivity index (χ0v) is 14.7. The van der Waals surface area contributed by atoms with E-state index in [1.54, 1.807) is 29.8 Å². The van der Waals surface area contributed by atoms with Gasteiger partial charge in [-0.25, -0.2) is 4.98 Å². The summed E-state index contributed by atoms with van der Waals surface area (Å²) >= 11 is 1.59. The monoisotopic (exact) mass is 351 g/mol. The highest BCUT2D eigenvalue weighted by molar-refractivity contribution is 7.18. The lowest BCUT2D eigenvalue weighted by Gasteiger charge is -2.08. The predicted molar refractivity (Wildman–Crippen MR) is 100.0 cm³/mol. The highest BCUT2D eigenvalue weighted by Gasteiger charge is 2.14. The number of benzene rings is 1. The first kappa shape index (κ1) is 15.6. The topological polar surface area (TPSA) is 75.3 Å². The van der Waals surface area contributed by atoms with Gasteiger partial charge >= 0.3 is 0 Å². The van der Waals surface area contributed by atoms with Gasteiger partial charge in [0.05, 0.1) is 4.88 Å². The lowest BCUT2D eigenvalue weighted by Crippen LogP contribution is -2.08. The van der Waals surface area contributed by atoms with Crippen LogP contribution in [0.2, 0.25) is 0 Å². The number of rotatable bonds is 4. The fraction of sp³-hybridized carbons (Fsp3) is 0.167. The molecule has 0 aliphatic heterocycles. The van der Waals surface area contributed by atoms with E-state index in [0.717, 1.165) is 26.7 Å². The van der Waals surface area contributed by atoms with Crippen LogP contribution in [-0.2, 0) is 0 Å². The van der Waals surface area contributed by atoms with E-state index in [1.807, 2.05) is 35.0 Å². The van der Waals surface area contributed by atoms with Gasteiger partial charge in [-0.3, -0.25) is 4.40 Å². The Labute approximate surface area is 148 Å². The van der Waals surface area contributed by atoms with Gasteiger partial charge in [0, 0.05) is 35.1 Å². The Kier molecular flexibility index (Phi) is 3.85. The third-order valence-corrected chi connectivity index (χ3v) is 4.77. The number of hydrogen-bond donors (Lipinski definition) is 2. The van der Waals surface area contributed by atoms with Gasteiger partial charge in [-0.1, -0.05) is 29.5 Å². The second kappa shape index (κ2) is 6.18. The molecule has 25 heavy (non-hydrogen) atoms. The number of anilines is 1. The summed E-state index contributed by atoms with van der Waals surface area (Å²) in [5, 5.41) is 22.6. The van der Waals surface area contributed by atoms with Gasteiger partial charge in [-0.15, -0.1) is 10.2 Å². The largest absolute Gasteiger partial charge is 0.507 e. The number of phenols is 1. The van der Waals surface area contributed by atoms with Crippen LogP contribution in [0.3, 0.4) is 0 Å². The van der Waals surface area contributed by atoms with Crippen LogP contribution >= 0.6 is 11.3 Å². The van der Waals surface area contributed by atoms with Crippen molar-refractivity contribution in [2.75, 3.05) is 5.32 Å². The maximum Gasteiger partial charge on any atom is 0.183 e. The minimum Gasteiger partial charge on any atom is -0.507 e. The molecule has 0 amide bonds. The van der Waals surface area contributed by atoms with E-state index < -0.39 is 0 Å². The molecule has 4 rings (SSSR count). The molecule has 126 valence electrons. The van der Waals surface area contributed by atoms with Gasteiger partial charge in [0.25, 0.3) is 0 Å². The summed E-state index contributed by atoms with van der Waals surface area (Å²) in [5.41, 5.74) is 3.27. The molecule has 3 heterocycles. The molecule has 1 aromatic carbocycles. The fourth-order valence-corrected chi connectivity index (χ4v) is 3.64. The van der Waals surface area contributed by atoms with Crippen LogP contribution in [0.25, 0.3) is 27.2 Å². The summed E-state index contributed by atoms with van der Waals surface area (Å²) in [6.07, 6.45) is 5.50. The predicted octanol–water partition coefficient (Wildman–Crippen LogP) is 4.05. The molecule has 0 atom stereocenters. The van der Waals surface area contributed by atoms with E-state index in [1.165, 1.54) is 0 Å². The highest BCUT2D eigenvalue weighted by Crippen LogP contribution is 2.36. The van der Waals surface area contributed by atoms with Gasteiger partial charge in [-0.2, -0.15) is 0 Å². The number of aromatic hydroxyl groups is 1. The van der Waals surface area contributed by atoms with E-state index in [9.17, 15) is 5.11 Å². The summed E-state index contributed by atoms with van der Waals surface area (Å²) in [4.78, 5) is 5.48. The van der Waals surface area contributed by atoms with Gasteiger partial charge < -0.3 is 10.4 Å². The summed E-state index contributed by atoms with van der Waals surface area (Å²) in [5.74, 6) is 0.219. The number of nitrogens with one attached hydrogen (secondary N) is 1. The van der Waals surface area contributed by atoms with Crippen LogP contribution in [0, 0.1) is 0 Å². The zero-order valence-electron chi connectivity index (χ0n) is 13.8. The lowest BCUT2D eigenvalue weighted by atomic mass is 10.0. The summed E-state index contributed by atoms with van der Waals surface area (Å²) in [6.45, 7) is 4.17. The second-order valence-corrected chi connectivity index (χ2v) is 7.08. The molecule has 3 aromatic heterocycles. The van der Waals surface area contributed by atoms with Crippen LogP contribution in [0.1, 0.15) is 13.8 Å². The number of fused-ring (bicyclic) bond motifs is 1. The van der Waals surface area contributed by atoms with Crippen molar-refractivity contribution in [3.8, 4) is 27.3 Å². The number of nitrogens with zero attached hydrogens (tertiary/aromatic N) is 4. The Morgan fingerprint density at radius 3 is 2.84 bits per heavy atom. The van der Waals surface area contributed by atoms with Crippen molar-refractivity contribution in [3.05, 3.63) is 49.1 Å². The van der Waals surface area contributed by atoms with Gasteiger partial charge in [0.2, 0.25) is 0 Å². The number of aromatic nitrogens is 4. The molecular formula is C18H17N5OS. The van der Waals surface area contributed by atoms with Crippen LogP contribution in [-0.4, -0.2) is 30.7 Å². The highest BCUT2D eigenvalue weighted by atomic mass is 32.1. The van der Waals surface area contributed by atoms with E-state index in [2.05, 4.69) is 34.3 Å². The van der Waals surface area contributed by atoms with Crippen molar-refractivity contribution >= 4 is 22.1 Å². The first-order valence-corrected chi connectivity index (χ1v) is 8.78.